The molecular weight excluding hydrogens is 384 g/mol. The number of likely N-dealkylation sites (tertiary alicyclic amines) is 1. The van der Waals surface area contributed by atoms with Crippen LogP contribution in [-0.4, -0.2) is 39.7 Å². The molecule has 6 heteroatoms. The number of hydrogen-bond acceptors (Lipinski definition) is 4. The standard InChI is InChI=1S/C23H22N2O3S/c26-14-17-7-4-10-24(17)23(28)19-13-18(15-5-2-1-3-6-15)22(27)25-11-8-16-9-12-29-21(16)20(19)25/h1-3,5-6,9,12-13,17,26H,4,7-8,10-11,14H2/t17-/m0/s1. The zero-order chi connectivity index (χ0) is 20.0. The van der Waals surface area contributed by atoms with Gasteiger partial charge in [0.1, 0.15) is 0 Å². The maximum absolute atomic E-state index is 13.6. The van der Waals surface area contributed by atoms with Crippen LogP contribution in [0.15, 0.2) is 52.6 Å². The molecule has 29 heavy (non-hydrogen) atoms. The summed E-state index contributed by atoms with van der Waals surface area (Å²) in [5.41, 5.74) is 3.81. The van der Waals surface area contributed by atoms with Gasteiger partial charge in [-0.15, -0.1) is 11.3 Å². The average Bonchev–Trinajstić information content (AvgIpc) is 3.43. The van der Waals surface area contributed by atoms with Crippen LogP contribution in [0.25, 0.3) is 21.7 Å². The quantitative estimate of drug-likeness (QED) is 0.725. The molecule has 2 aromatic heterocycles. The first-order valence-electron chi connectivity index (χ1n) is 10.0. The number of fused-ring (bicyclic) bond motifs is 3. The fourth-order valence-corrected chi connectivity index (χ4v) is 5.55. The highest BCUT2D eigenvalue weighted by atomic mass is 32.1. The van der Waals surface area contributed by atoms with E-state index >= 15 is 0 Å². The second-order valence-electron chi connectivity index (χ2n) is 7.65. The van der Waals surface area contributed by atoms with Gasteiger partial charge in [-0.25, -0.2) is 0 Å². The SMILES string of the molecule is O=C(c1cc(-c2ccccc2)c(=O)n2c1-c1sccc1CC2)N1CCC[C@H]1CO. The maximum Gasteiger partial charge on any atom is 0.258 e. The number of carbonyl (C=O) groups is 1. The molecular formula is C23H22N2O3S. The Balaban J connectivity index is 1.75. The summed E-state index contributed by atoms with van der Waals surface area (Å²) in [6, 6.07) is 13.2. The van der Waals surface area contributed by atoms with E-state index in [2.05, 4.69) is 6.07 Å². The van der Waals surface area contributed by atoms with E-state index in [0.717, 1.165) is 35.4 Å². The Morgan fingerprint density at radius 2 is 2.00 bits per heavy atom. The molecule has 148 valence electrons. The summed E-state index contributed by atoms with van der Waals surface area (Å²) >= 11 is 1.58. The number of amides is 1. The molecule has 1 atom stereocenters. The number of hydrogen-bond donors (Lipinski definition) is 1. The molecule has 0 unspecified atom stereocenters. The highest BCUT2D eigenvalue weighted by Crippen LogP contribution is 2.37. The van der Waals surface area contributed by atoms with Crippen molar-refractivity contribution in [2.75, 3.05) is 13.2 Å². The van der Waals surface area contributed by atoms with Gasteiger partial charge in [0, 0.05) is 18.7 Å². The van der Waals surface area contributed by atoms with Crippen molar-refractivity contribution in [2.24, 2.45) is 0 Å². The zero-order valence-corrected chi connectivity index (χ0v) is 16.8. The van der Waals surface area contributed by atoms with Gasteiger partial charge < -0.3 is 14.6 Å². The van der Waals surface area contributed by atoms with Crippen molar-refractivity contribution in [1.82, 2.24) is 9.47 Å². The van der Waals surface area contributed by atoms with Gasteiger partial charge in [-0.3, -0.25) is 9.59 Å². The molecule has 1 amide bonds. The van der Waals surface area contributed by atoms with Crippen molar-refractivity contribution < 1.29 is 9.90 Å². The number of benzene rings is 1. The summed E-state index contributed by atoms with van der Waals surface area (Å²) in [5, 5.41) is 11.7. The van der Waals surface area contributed by atoms with Crippen molar-refractivity contribution in [2.45, 2.75) is 31.8 Å². The van der Waals surface area contributed by atoms with E-state index in [0.29, 0.717) is 24.2 Å². The van der Waals surface area contributed by atoms with Crippen molar-refractivity contribution in [3.8, 4) is 21.7 Å². The second-order valence-corrected chi connectivity index (χ2v) is 8.56. The molecule has 0 aliphatic carbocycles. The number of aromatic nitrogens is 1. The first-order chi connectivity index (χ1) is 14.2. The summed E-state index contributed by atoms with van der Waals surface area (Å²) in [6.45, 7) is 1.18. The Morgan fingerprint density at radius 3 is 2.79 bits per heavy atom. The van der Waals surface area contributed by atoms with Gasteiger partial charge in [0.25, 0.3) is 11.5 Å². The summed E-state index contributed by atoms with van der Waals surface area (Å²) in [5.74, 6) is -0.0938. The molecule has 1 saturated heterocycles. The van der Waals surface area contributed by atoms with E-state index in [1.54, 1.807) is 26.9 Å². The van der Waals surface area contributed by atoms with Crippen LogP contribution in [0.3, 0.4) is 0 Å². The van der Waals surface area contributed by atoms with Crippen molar-refractivity contribution in [3.05, 3.63) is 69.3 Å². The van der Waals surface area contributed by atoms with Crippen molar-refractivity contribution in [3.63, 3.8) is 0 Å². The van der Waals surface area contributed by atoms with Crippen LogP contribution >= 0.6 is 11.3 Å². The van der Waals surface area contributed by atoms with Gasteiger partial charge in [0.15, 0.2) is 0 Å². The lowest BCUT2D eigenvalue weighted by molar-refractivity contribution is 0.0677. The van der Waals surface area contributed by atoms with E-state index in [9.17, 15) is 14.7 Å². The molecule has 1 fully saturated rings. The molecule has 5 rings (SSSR count). The predicted molar refractivity (Wildman–Crippen MR) is 114 cm³/mol. The number of carbonyl (C=O) groups excluding carboxylic acids is 1. The first kappa shape index (κ1) is 18.3. The van der Waals surface area contributed by atoms with Gasteiger partial charge in [0.05, 0.1) is 28.8 Å². The van der Waals surface area contributed by atoms with Crippen LogP contribution < -0.4 is 5.56 Å². The van der Waals surface area contributed by atoms with Gasteiger partial charge in [-0.2, -0.15) is 0 Å². The van der Waals surface area contributed by atoms with E-state index in [-0.39, 0.29) is 24.1 Å². The molecule has 2 aliphatic heterocycles. The third-order valence-corrected chi connectivity index (χ3v) is 6.98. The van der Waals surface area contributed by atoms with Crippen LogP contribution in [0.1, 0.15) is 28.8 Å². The number of pyridine rings is 1. The highest BCUT2D eigenvalue weighted by Gasteiger charge is 2.33. The lowest BCUT2D eigenvalue weighted by Gasteiger charge is -2.27. The van der Waals surface area contributed by atoms with Gasteiger partial charge in [-0.1, -0.05) is 30.3 Å². The molecule has 0 spiro atoms. The molecule has 1 aromatic carbocycles. The van der Waals surface area contributed by atoms with Gasteiger partial charge in [0.2, 0.25) is 0 Å². The fourth-order valence-electron chi connectivity index (χ4n) is 4.53. The third kappa shape index (κ3) is 2.94. The van der Waals surface area contributed by atoms with Crippen LogP contribution in [0.5, 0.6) is 0 Å². The minimum atomic E-state index is -0.151. The lowest BCUT2D eigenvalue weighted by Crippen LogP contribution is -2.39. The number of rotatable bonds is 3. The average molecular weight is 407 g/mol. The van der Waals surface area contributed by atoms with Crippen LogP contribution in [0.4, 0.5) is 0 Å². The fraction of sp³-hybridized carbons (Fsp3) is 0.304. The number of aryl methyl sites for hydroxylation is 1. The molecule has 4 heterocycles. The zero-order valence-electron chi connectivity index (χ0n) is 16.0. The molecule has 0 saturated carbocycles. The Morgan fingerprint density at radius 1 is 1.17 bits per heavy atom. The minimum absolute atomic E-state index is 0.0312. The van der Waals surface area contributed by atoms with Gasteiger partial charge >= 0.3 is 0 Å². The van der Waals surface area contributed by atoms with Crippen LogP contribution in [-0.2, 0) is 13.0 Å². The Labute approximate surface area is 172 Å². The van der Waals surface area contributed by atoms with Gasteiger partial charge in [-0.05, 0) is 47.9 Å². The number of aliphatic hydroxyl groups is 1. The number of thiophene rings is 1. The van der Waals surface area contributed by atoms with Crippen molar-refractivity contribution in [1.29, 1.82) is 0 Å². The minimum Gasteiger partial charge on any atom is -0.394 e. The Bertz CT molecular complexity index is 1130. The predicted octanol–water partition coefficient (Wildman–Crippen LogP) is 3.40. The molecule has 0 radical (unpaired) electrons. The lowest BCUT2D eigenvalue weighted by atomic mass is 9.97. The normalized spacial score (nSPS) is 17.8. The summed E-state index contributed by atoms with van der Waals surface area (Å²) in [7, 11) is 0. The van der Waals surface area contributed by atoms with E-state index < -0.39 is 0 Å². The number of aliphatic hydroxyl groups excluding tert-OH is 1. The van der Waals surface area contributed by atoms with Crippen LogP contribution in [0, 0.1) is 0 Å². The molecule has 2 aliphatic rings. The monoisotopic (exact) mass is 406 g/mol. The smallest absolute Gasteiger partial charge is 0.258 e. The van der Waals surface area contributed by atoms with E-state index in [1.165, 1.54) is 5.56 Å². The Kier molecular flexibility index (Phi) is 4.60. The highest BCUT2D eigenvalue weighted by molar-refractivity contribution is 7.13. The summed E-state index contributed by atoms with van der Waals surface area (Å²) < 4.78 is 1.78. The topological polar surface area (TPSA) is 62.5 Å². The largest absolute Gasteiger partial charge is 0.394 e. The van der Waals surface area contributed by atoms with E-state index in [4.69, 9.17) is 0 Å². The van der Waals surface area contributed by atoms with Crippen LogP contribution in [0.2, 0.25) is 0 Å². The second kappa shape index (κ2) is 7.28. The maximum atomic E-state index is 13.6. The summed E-state index contributed by atoms with van der Waals surface area (Å²) in [4.78, 5) is 29.8. The molecule has 3 aromatic rings. The first-order valence-corrected chi connectivity index (χ1v) is 10.9. The third-order valence-electron chi connectivity index (χ3n) is 6.02. The molecule has 1 N–H and O–H groups in total. The summed E-state index contributed by atoms with van der Waals surface area (Å²) in [6.07, 6.45) is 2.50. The molecule has 5 nitrogen and oxygen atoms in total. The van der Waals surface area contributed by atoms with E-state index in [1.807, 2.05) is 35.7 Å². The number of nitrogens with zero attached hydrogens (tertiary/aromatic N) is 2. The van der Waals surface area contributed by atoms with Crippen molar-refractivity contribution >= 4 is 17.2 Å². The Hall–Kier alpha value is -2.70. The molecule has 0 bridgehead atoms.